The van der Waals surface area contributed by atoms with Crippen molar-refractivity contribution in [2.45, 2.75) is 12.8 Å². The molecule has 2 aromatic heterocycles. The van der Waals surface area contributed by atoms with Crippen LogP contribution in [0.15, 0.2) is 71.3 Å². The molecule has 0 saturated heterocycles. The Morgan fingerprint density at radius 3 is 2.78 bits per heavy atom. The monoisotopic (exact) mass is 444 g/mol. The molecule has 3 aromatic carbocycles. The molecule has 5 rings (SSSR count). The third kappa shape index (κ3) is 4.20. The van der Waals surface area contributed by atoms with E-state index in [1.54, 1.807) is 17.6 Å². The Kier molecular flexibility index (Phi) is 5.56. The second kappa shape index (κ2) is 8.80. The summed E-state index contributed by atoms with van der Waals surface area (Å²) in [5.41, 5.74) is 2.43. The number of ether oxygens (including phenoxy) is 1. The summed E-state index contributed by atoms with van der Waals surface area (Å²) in [6.45, 7) is 0.129. The van der Waals surface area contributed by atoms with Crippen LogP contribution in [-0.2, 0) is 27.2 Å². The van der Waals surface area contributed by atoms with Crippen LogP contribution in [0, 0.1) is 0 Å². The molecule has 0 atom stereocenters. The van der Waals surface area contributed by atoms with E-state index in [4.69, 9.17) is 9.15 Å². The van der Waals surface area contributed by atoms with E-state index in [1.165, 1.54) is 0 Å². The zero-order valence-electron chi connectivity index (χ0n) is 17.2. The lowest BCUT2D eigenvalue weighted by atomic mass is 10.0. The number of esters is 1. The van der Waals surface area contributed by atoms with Crippen LogP contribution >= 0.6 is 11.3 Å². The fraction of sp³-hybridized carbons (Fsp3) is 0.160. The van der Waals surface area contributed by atoms with Gasteiger partial charge in [0.05, 0.1) is 27.9 Å². The van der Waals surface area contributed by atoms with E-state index in [-0.39, 0.29) is 18.9 Å². The quantitative estimate of drug-likeness (QED) is 0.370. The van der Waals surface area contributed by atoms with E-state index in [9.17, 15) is 9.59 Å². The van der Waals surface area contributed by atoms with Gasteiger partial charge in [0.1, 0.15) is 5.58 Å². The molecule has 0 fully saturated rings. The Labute approximate surface area is 187 Å². The number of furan rings is 1. The number of amides is 1. The summed E-state index contributed by atoms with van der Waals surface area (Å²) < 4.78 is 11.9. The number of nitrogens with zero attached hydrogens (tertiary/aromatic N) is 1. The van der Waals surface area contributed by atoms with Gasteiger partial charge < -0.3 is 14.5 Å². The highest BCUT2D eigenvalue weighted by Crippen LogP contribution is 2.30. The molecule has 0 aliphatic rings. The number of nitrogens with one attached hydrogen (secondary N) is 1. The zero-order valence-corrected chi connectivity index (χ0v) is 18.0. The summed E-state index contributed by atoms with van der Waals surface area (Å²) in [5, 5.41) is 6.73. The number of aromatic nitrogens is 1. The smallest absolute Gasteiger partial charge is 0.310 e. The minimum Gasteiger partial charge on any atom is -0.464 e. The summed E-state index contributed by atoms with van der Waals surface area (Å²) in [6.07, 6.45) is 2.25. The van der Waals surface area contributed by atoms with Gasteiger partial charge in [0.15, 0.2) is 6.61 Å². The van der Waals surface area contributed by atoms with Gasteiger partial charge in [-0.25, -0.2) is 4.98 Å². The Hall–Kier alpha value is -3.71. The van der Waals surface area contributed by atoms with Crippen LogP contribution in [0.1, 0.15) is 10.6 Å². The second-order valence-corrected chi connectivity index (χ2v) is 8.55. The number of thiazole rings is 1. The number of carbonyl (C=O) groups excluding carboxylic acids is 2. The molecule has 6 nitrogen and oxygen atoms in total. The van der Waals surface area contributed by atoms with Crippen molar-refractivity contribution in [3.8, 4) is 0 Å². The van der Waals surface area contributed by atoms with Gasteiger partial charge in [-0.2, -0.15) is 0 Å². The maximum absolute atomic E-state index is 12.3. The van der Waals surface area contributed by atoms with Gasteiger partial charge in [-0.3, -0.25) is 9.59 Å². The molecule has 1 amide bonds. The molecule has 0 unspecified atom stereocenters. The van der Waals surface area contributed by atoms with E-state index in [1.807, 2.05) is 60.7 Å². The van der Waals surface area contributed by atoms with Crippen molar-refractivity contribution in [2.24, 2.45) is 0 Å². The van der Waals surface area contributed by atoms with Crippen molar-refractivity contribution in [3.05, 3.63) is 77.5 Å². The Bertz CT molecular complexity index is 1400. The van der Waals surface area contributed by atoms with Gasteiger partial charge >= 0.3 is 5.97 Å². The number of fused-ring (bicyclic) bond motifs is 4. The Morgan fingerprint density at radius 1 is 1.03 bits per heavy atom. The van der Waals surface area contributed by atoms with Crippen LogP contribution in [0.2, 0.25) is 0 Å². The number of hydrogen-bond donors (Lipinski definition) is 1. The third-order valence-corrected chi connectivity index (χ3v) is 6.33. The van der Waals surface area contributed by atoms with Gasteiger partial charge in [0.2, 0.25) is 0 Å². The van der Waals surface area contributed by atoms with Crippen LogP contribution in [-0.4, -0.2) is 30.0 Å². The van der Waals surface area contributed by atoms with Gasteiger partial charge in [-0.05, 0) is 29.0 Å². The standard InChI is InChI=1S/C25H20N2O4S/c28-22(26-12-11-23-27-19-7-3-4-8-21(19)32-23)15-31-24(29)13-17-14-30-20-10-9-16-5-1-2-6-18(16)25(17)20/h1-10,14H,11-13,15H2,(H,26,28). The van der Waals surface area contributed by atoms with Gasteiger partial charge in [-0.15, -0.1) is 11.3 Å². The Balaban J connectivity index is 1.14. The van der Waals surface area contributed by atoms with Crippen LogP contribution < -0.4 is 5.32 Å². The molecule has 160 valence electrons. The number of carbonyl (C=O) groups is 2. The van der Waals surface area contributed by atoms with Crippen molar-refractivity contribution in [1.82, 2.24) is 10.3 Å². The van der Waals surface area contributed by atoms with Crippen molar-refractivity contribution in [2.75, 3.05) is 13.2 Å². The van der Waals surface area contributed by atoms with Gasteiger partial charge in [-0.1, -0.05) is 42.5 Å². The highest BCUT2D eigenvalue weighted by Gasteiger charge is 2.15. The maximum Gasteiger partial charge on any atom is 0.310 e. The molecule has 5 aromatic rings. The summed E-state index contributed by atoms with van der Waals surface area (Å²) in [4.78, 5) is 29.0. The van der Waals surface area contributed by atoms with Crippen molar-refractivity contribution >= 4 is 55.2 Å². The van der Waals surface area contributed by atoms with Crippen molar-refractivity contribution in [1.29, 1.82) is 0 Å². The summed E-state index contributed by atoms with van der Waals surface area (Å²) in [7, 11) is 0. The first-order chi connectivity index (χ1) is 15.7. The molecule has 7 heteroatoms. The lowest BCUT2D eigenvalue weighted by Gasteiger charge is -2.06. The summed E-state index contributed by atoms with van der Waals surface area (Å²) in [6, 6.07) is 19.8. The highest BCUT2D eigenvalue weighted by atomic mass is 32.1. The number of rotatable bonds is 7. The van der Waals surface area contributed by atoms with Crippen molar-refractivity contribution in [3.63, 3.8) is 0 Å². The van der Waals surface area contributed by atoms with E-state index in [2.05, 4.69) is 10.3 Å². The predicted octanol–water partition coefficient (Wildman–Crippen LogP) is 4.64. The zero-order chi connectivity index (χ0) is 21.9. The largest absolute Gasteiger partial charge is 0.464 e. The van der Waals surface area contributed by atoms with Crippen LogP contribution in [0.25, 0.3) is 32.0 Å². The molecule has 0 spiro atoms. The summed E-state index contributed by atoms with van der Waals surface area (Å²) >= 11 is 1.61. The maximum atomic E-state index is 12.3. The van der Waals surface area contributed by atoms with Crippen LogP contribution in [0.5, 0.6) is 0 Å². The molecule has 2 heterocycles. The normalized spacial score (nSPS) is 11.2. The number of benzene rings is 3. The molecule has 0 aliphatic heterocycles. The molecule has 0 radical (unpaired) electrons. The van der Waals surface area contributed by atoms with Crippen molar-refractivity contribution < 1.29 is 18.7 Å². The van der Waals surface area contributed by atoms with E-state index in [0.717, 1.165) is 42.5 Å². The molecule has 0 saturated carbocycles. The second-order valence-electron chi connectivity index (χ2n) is 7.43. The fourth-order valence-corrected chi connectivity index (χ4v) is 4.71. The molecular weight excluding hydrogens is 424 g/mol. The average molecular weight is 445 g/mol. The van der Waals surface area contributed by atoms with E-state index in [0.29, 0.717) is 13.0 Å². The van der Waals surface area contributed by atoms with Crippen LogP contribution in [0.4, 0.5) is 0 Å². The topological polar surface area (TPSA) is 81.4 Å². The number of hydrogen-bond acceptors (Lipinski definition) is 6. The van der Waals surface area contributed by atoms with Crippen LogP contribution in [0.3, 0.4) is 0 Å². The first-order valence-corrected chi connectivity index (χ1v) is 11.1. The fourth-order valence-electron chi connectivity index (χ4n) is 3.74. The average Bonchev–Trinajstić information content (AvgIpc) is 3.41. The highest BCUT2D eigenvalue weighted by molar-refractivity contribution is 7.18. The first-order valence-electron chi connectivity index (χ1n) is 10.3. The number of para-hydroxylation sites is 1. The lowest BCUT2D eigenvalue weighted by Crippen LogP contribution is -2.30. The third-order valence-electron chi connectivity index (χ3n) is 5.24. The molecule has 1 N–H and O–H groups in total. The van der Waals surface area contributed by atoms with Gasteiger partial charge in [0.25, 0.3) is 5.91 Å². The lowest BCUT2D eigenvalue weighted by molar-refractivity contribution is -0.147. The Morgan fingerprint density at radius 2 is 1.88 bits per heavy atom. The molecular formula is C25H20N2O4S. The molecule has 32 heavy (non-hydrogen) atoms. The van der Waals surface area contributed by atoms with E-state index >= 15 is 0 Å². The first kappa shape index (κ1) is 20.2. The predicted molar refractivity (Wildman–Crippen MR) is 125 cm³/mol. The summed E-state index contributed by atoms with van der Waals surface area (Å²) in [5.74, 6) is -0.802. The molecule has 0 aliphatic carbocycles. The molecule has 0 bridgehead atoms. The van der Waals surface area contributed by atoms with Gasteiger partial charge in [0, 0.05) is 23.9 Å². The van der Waals surface area contributed by atoms with E-state index < -0.39 is 5.97 Å². The minimum atomic E-state index is -0.470. The SMILES string of the molecule is O=C(COC(=O)Cc1coc2ccc3ccccc3c12)NCCc1nc2ccccc2s1. The minimum absolute atomic E-state index is 0.0417.